The van der Waals surface area contributed by atoms with Crippen LogP contribution in [0.2, 0.25) is 0 Å². The van der Waals surface area contributed by atoms with Crippen LogP contribution in [0.5, 0.6) is 0 Å². The highest BCUT2D eigenvalue weighted by Crippen LogP contribution is 2.17. The number of rotatable bonds is 7. The number of carbonyl (C=O) groups excluding carboxylic acids is 1. The van der Waals surface area contributed by atoms with E-state index >= 15 is 0 Å². The second-order valence-corrected chi connectivity index (χ2v) is 4.50. The molecule has 110 valence electrons. The van der Waals surface area contributed by atoms with Crippen LogP contribution in [0.3, 0.4) is 0 Å². The molecule has 0 aromatic heterocycles. The second-order valence-electron chi connectivity index (χ2n) is 4.50. The van der Waals surface area contributed by atoms with Crippen LogP contribution in [-0.2, 0) is 0 Å². The number of carbonyl (C=O) groups is 1. The molecule has 0 unspecified atom stereocenters. The number of aliphatic hydroxyl groups excluding tert-OH is 1. The van der Waals surface area contributed by atoms with Crippen molar-refractivity contribution < 1.29 is 14.8 Å². The largest absolute Gasteiger partial charge is 0.395 e. The number of aliphatic hydroxyl groups is 1. The van der Waals surface area contributed by atoms with Gasteiger partial charge in [-0.3, -0.25) is 14.9 Å². The minimum absolute atomic E-state index is 0.0221. The molecule has 0 saturated carbocycles. The Bertz CT molecular complexity index is 472. The van der Waals surface area contributed by atoms with Gasteiger partial charge in [0.1, 0.15) is 0 Å². The van der Waals surface area contributed by atoms with Gasteiger partial charge in [-0.2, -0.15) is 0 Å². The number of amides is 1. The minimum atomic E-state index is -0.524. The van der Waals surface area contributed by atoms with E-state index in [1.807, 2.05) is 13.8 Å². The molecule has 0 aliphatic rings. The molecule has 0 bridgehead atoms. The smallest absolute Gasteiger partial charge is 0.270 e. The van der Waals surface area contributed by atoms with E-state index in [4.69, 9.17) is 5.11 Å². The molecule has 1 aromatic rings. The molecule has 0 aliphatic carbocycles. The third-order valence-corrected chi connectivity index (χ3v) is 3.29. The molecule has 1 rings (SSSR count). The van der Waals surface area contributed by atoms with Crippen LogP contribution in [0.4, 0.5) is 5.69 Å². The number of hydrogen-bond acceptors (Lipinski definition) is 4. The van der Waals surface area contributed by atoms with Crippen molar-refractivity contribution in [3.63, 3.8) is 0 Å². The van der Waals surface area contributed by atoms with Crippen LogP contribution in [0.1, 0.15) is 37.0 Å². The normalized spacial score (nSPS) is 10.6. The Morgan fingerprint density at radius 3 is 2.55 bits per heavy atom. The van der Waals surface area contributed by atoms with E-state index in [-0.39, 0.29) is 36.4 Å². The van der Waals surface area contributed by atoms with Crippen molar-refractivity contribution in [3.8, 4) is 0 Å². The summed E-state index contributed by atoms with van der Waals surface area (Å²) in [5.41, 5.74) is 0.170. The predicted octanol–water partition coefficient (Wildman–Crippen LogP) is 2.22. The number of non-ortho nitro benzene ring substituents is 1. The van der Waals surface area contributed by atoms with Crippen LogP contribution >= 0.6 is 0 Å². The highest BCUT2D eigenvalue weighted by molar-refractivity contribution is 5.95. The fraction of sp³-hybridized carbons (Fsp3) is 0.500. The van der Waals surface area contributed by atoms with Crippen molar-refractivity contribution in [3.05, 3.63) is 39.9 Å². The first-order valence-corrected chi connectivity index (χ1v) is 6.71. The van der Waals surface area contributed by atoms with E-state index in [1.54, 1.807) is 11.0 Å². The molecule has 0 saturated heterocycles. The van der Waals surface area contributed by atoms with Gasteiger partial charge in [-0.05, 0) is 18.9 Å². The second kappa shape index (κ2) is 7.59. The van der Waals surface area contributed by atoms with Crippen molar-refractivity contribution in [2.75, 3.05) is 13.2 Å². The Labute approximate surface area is 118 Å². The van der Waals surface area contributed by atoms with Gasteiger partial charge in [0.25, 0.3) is 11.6 Å². The Morgan fingerprint density at radius 1 is 1.40 bits per heavy atom. The van der Waals surface area contributed by atoms with Gasteiger partial charge in [0.15, 0.2) is 0 Å². The molecule has 1 aromatic carbocycles. The van der Waals surface area contributed by atoms with Crippen molar-refractivity contribution >= 4 is 11.6 Å². The first-order valence-electron chi connectivity index (χ1n) is 6.71. The summed E-state index contributed by atoms with van der Waals surface area (Å²) < 4.78 is 0. The average molecular weight is 280 g/mol. The lowest BCUT2D eigenvalue weighted by atomic mass is 10.1. The highest BCUT2D eigenvalue weighted by atomic mass is 16.6. The Hall–Kier alpha value is -1.95. The predicted molar refractivity (Wildman–Crippen MR) is 75.6 cm³/mol. The van der Waals surface area contributed by atoms with Crippen molar-refractivity contribution in [2.45, 2.75) is 32.7 Å². The lowest BCUT2D eigenvalue weighted by molar-refractivity contribution is -0.384. The van der Waals surface area contributed by atoms with Gasteiger partial charge in [0.2, 0.25) is 0 Å². The first kappa shape index (κ1) is 16.1. The number of nitro benzene ring substituents is 1. The summed E-state index contributed by atoms with van der Waals surface area (Å²) in [6, 6.07) is 5.70. The van der Waals surface area contributed by atoms with Crippen LogP contribution in [0.25, 0.3) is 0 Å². The maximum Gasteiger partial charge on any atom is 0.270 e. The SMILES string of the molecule is CCC(CC)N(CCO)C(=O)c1cccc([N+](=O)[O-])c1. The van der Waals surface area contributed by atoms with Crippen molar-refractivity contribution in [1.29, 1.82) is 0 Å². The lowest BCUT2D eigenvalue weighted by Crippen LogP contribution is -2.41. The number of nitro groups is 1. The zero-order valence-corrected chi connectivity index (χ0v) is 11.8. The molecule has 0 atom stereocenters. The fourth-order valence-corrected chi connectivity index (χ4v) is 2.21. The lowest BCUT2D eigenvalue weighted by Gasteiger charge is -2.30. The summed E-state index contributed by atoms with van der Waals surface area (Å²) in [7, 11) is 0. The van der Waals surface area contributed by atoms with E-state index < -0.39 is 4.92 Å². The zero-order chi connectivity index (χ0) is 15.1. The zero-order valence-electron chi connectivity index (χ0n) is 11.8. The standard InChI is InChI=1S/C14H20N2O4/c1-3-12(4-2)15(8-9-17)14(18)11-6-5-7-13(10-11)16(19)20/h5-7,10,12,17H,3-4,8-9H2,1-2H3. The van der Waals surface area contributed by atoms with E-state index in [0.29, 0.717) is 0 Å². The Morgan fingerprint density at radius 2 is 2.05 bits per heavy atom. The topological polar surface area (TPSA) is 83.7 Å². The average Bonchev–Trinajstić information content (AvgIpc) is 2.47. The van der Waals surface area contributed by atoms with Crippen LogP contribution in [0, 0.1) is 10.1 Å². The monoisotopic (exact) mass is 280 g/mol. The Balaban J connectivity index is 3.05. The third-order valence-electron chi connectivity index (χ3n) is 3.29. The molecule has 0 aliphatic heterocycles. The summed E-state index contributed by atoms with van der Waals surface area (Å²) >= 11 is 0. The minimum Gasteiger partial charge on any atom is -0.395 e. The molecule has 0 radical (unpaired) electrons. The van der Waals surface area contributed by atoms with Crippen LogP contribution in [0.15, 0.2) is 24.3 Å². The number of hydrogen-bond donors (Lipinski definition) is 1. The maximum absolute atomic E-state index is 12.5. The van der Waals surface area contributed by atoms with E-state index in [2.05, 4.69) is 0 Å². The fourth-order valence-electron chi connectivity index (χ4n) is 2.21. The molecule has 0 heterocycles. The van der Waals surface area contributed by atoms with Gasteiger partial charge in [0.05, 0.1) is 11.5 Å². The summed E-state index contributed by atoms with van der Waals surface area (Å²) in [5.74, 6) is -0.281. The van der Waals surface area contributed by atoms with Crippen molar-refractivity contribution in [2.24, 2.45) is 0 Å². The molecular weight excluding hydrogens is 260 g/mol. The van der Waals surface area contributed by atoms with Gasteiger partial charge in [-0.1, -0.05) is 19.9 Å². The van der Waals surface area contributed by atoms with E-state index in [9.17, 15) is 14.9 Å². The third kappa shape index (κ3) is 3.77. The first-order chi connectivity index (χ1) is 9.54. The Kier molecular flexibility index (Phi) is 6.11. The van der Waals surface area contributed by atoms with E-state index in [1.165, 1.54) is 18.2 Å². The molecule has 1 amide bonds. The number of benzene rings is 1. The summed E-state index contributed by atoms with van der Waals surface area (Å²) in [5, 5.41) is 19.9. The molecular formula is C14H20N2O4. The molecule has 20 heavy (non-hydrogen) atoms. The molecule has 0 spiro atoms. The molecule has 1 N–H and O–H groups in total. The summed E-state index contributed by atoms with van der Waals surface area (Å²) in [6.07, 6.45) is 1.55. The van der Waals surface area contributed by atoms with Gasteiger partial charge >= 0.3 is 0 Å². The van der Waals surface area contributed by atoms with Crippen LogP contribution in [-0.4, -0.2) is 40.0 Å². The van der Waals surface area contributed by atoms with Gasteiger partial charge in [-0.15, -0.1) is 0 Å². The van der Waals surface area contributed by atoms with Gasteiger partial charge in [0, 0.05) is 30.3 Å². The van der Waals surface area contributed by atoms with Gasteiger partial charge in [-0.25, -0.2) is 0 Å². The molecule has 6 heteroatoms. The maximum atomic E-state index is 12.5. The molecule has 0 fully saturated rings. The van der Waals surface area contributed by atoms with E-state index in [0.717, 1.165) is 12.8 Å². The summed E-state index contributed by atoms with van der Waals surface area (Å²) in [4.78, 5) is 24.3. The highest BCUT2D eigenvalue weighted by Gasteiger charge is 2.23. The van der Waals surface area contributed by atoms with Gasteiger partial charge < -0.3 is 10.0 Å². The summed E-state index contributed by atoms with van der Waals surface area (Å²) in [6.45, 7) is 4.05. The number of nitrogens with zero attached hydrogens (tertiary/aromatic N) is 2. The van der Waals surface area contributed by atoms with Crippen molar-refractivity contribution in [1.82, 2.24) is 4.90 Å². The van der Waals surface area contributed by atoms with Crippen LogP contribution < -0.4 is 0 Å². The quantitative estimate of drug-likeness (QED) is 0.613. The molecule has 6 nitrogen and oxygen atoms in total.